The Bertz CT molecular complexity index is 1870. The second-order valence-electron chi connectivity index (χ2n) is 12.2. The lowest BCUT2D eigenvalue weighted by molar-refractivity contribution is -0.274. The number of carbonyl (C=O) groups excluding carboxylic acids is 1. The smallest absolute Gasteiger partial charge is 0.461 e. The third-order valence-electron chi connectivity index (χ3n) is 9.07. The number of nitrogens with one attached hydrogen (secondary N) is 2. The van der Waals surface area contributed by atoms with E-state index in [4.69, 9.17) is 14.9 Å². The molecule has 1 saturated carbocycles. The number of hydrogen-bond donors (Lipinski definition) is 3. The molecule has 2 heterocycles. The van der Waals surface area contributed by atoms with Gasteiger partial charge in [0.05, 0.1) is 16.3 Å². The molecule has 47 heavy (non-hydrogen) atoms. The van der Waals surface area contributed by atoms with Gasteiger partial charge in [0.1, 0.15) is 28.8 Å². The molecule has 4 N–H and O–H groups in total. The number of ether oxygens (including phenoxy) is 2. The number of benzene rings is 3. The maximum atomic E-state index is 14.5. The Kier molecular flexibility index (Phi) is 8.47. The quantitative estimate of drug-likeness (QED) is 0.167. The van der Waals surface area contributed by atoms with Crippen LogP contribution in [0.25, 0.3) is 11.3 Å². The molecule has 0 radical (unpaired) electrons. The van der Waals surface area contributed by atoms with Crippen molar-refractivity contribution in [1.82, 2.24) is 5.32 Å². The van der Waals surface area contributed by atoms with Crippen LogP contribution in [0.15, 0.2) is 88.2 Å². The van der Waals surface area contributed by atoms with Crippen molar-refractivity contribution < 1.29 is 40.3 Å². The summed E-state index contributed by atoms with van der Waals surface area (Å²) >= 11 is 0. The average molecular weight is 670 g/mol. The molecule has 1 spiro atoms. The molecule has 3 aromatic carbocycles. The molecule has 0 bridgehead atoms. The van der Waals surface area contributed by atoms with E-state index in [-0.39, 0.29) is 46.0 Å². The van der Waals surface area contributed by atoms with Gasteiger partial charge in [-0.3, -0.25) is 4.79 Å². The van der Waals surface area contributed by atoms with Crippen LogP contribution in [-0.2, 0) is 14.6 Å². The van der Waals surface area contributed by atoms with Crippen molar-refractivity contribution in [2.45, 2.75) is 55.0 Å². The summed E-state index contributed by atoms with van der Waals surface area (Å²) in [5, 5.41) is 6.19. The highest BCUT2D eigenvalue weighted by molar-refractivity contribution is 7.93. The summed E-state index contributed by atoms with van der Waals surface area (Å²) in [4.78, 5) is 14.3. The minimum atomic E-state index is -4.82. The number of piperidine rings is 1. The zero-order valence-electron chi connectivity index (χ0n) is 25.5. The normalized spacial score (nSPS) is 19.4. The first-order chi connectivity index (χ1) is 22.3. The summed E-state index contributed by atoms with van der Waals surface area (Å²) in [6, 6.07) is 19.2. The highest BCUT2D eigenvalue weighted by Gasteiger charge is 2.60. The van der Waals surface area contributed by atoms with Crippen LogP contribution in [0.2, 0.25) is 0 Å². The van der Waals surface area contributed by atoms with Gasteiger partial charge in [-0.2, -0.15) is 0 Å². The van der Waals surface area contributed by atoms with E-state index < -0.39 is 32.6 Å². The second kappa shape index (κ2) is 12.3. The Morgan fingerprint density at radius 1 is 0.894 bits per heavy atom. The maximum Gasteiger partial charge on any atom is 0.573 e. The number of carbonyl (C=O) groups is 1. The van der Waals surface area contributed by atoms with Gasteiger partial charge in [0.15, 0.2) is 14.6 Å². The predicted octanol–water partition coefficient (Wildman–Crippen LogP) is 7.23. The summed E-state index contributed by atoms with van der Waals surface area (Å²) < 4.78 is 80.1. The zero-order valence-corrected chi connectivity index (χ0v) is 26.3. The van der Waals surface area contributed by atoms with Crippen molar-refractivity contribution in [3.63, 3.8) is 0 Å². The standard InChI is InChI=1S/C34H34F3N3O6S/c1-22-2-13-30(44-22)23-3-12-28(38)29(20-23)40-31(41)33(15-14-32(21-33)16-18-39-19-17-32)47(42,43)27-10-8-25(9-11-27)45-24-4-6-26(7-5-24)46-34(35,36)37/h2-13,20,39H,14-19,21,38H2,1H3,(H,40,41). The van der Waals surface area contributed by atoms with Gasteiger partial charge in [-0.1, -0.05) is 0 Å². The van der Waals surface area contributed by atoms with Gasteiger partial charge in [0, 0.05) is 5.56 Å². The number of rotatable bonds is 8. The fraction of sp³-hybridized carbons (Fsp3) is 0.324. The number of furan rings is 1. The van der Waals surface area contributed by atoms with Gasteiger partial charge >= 0.3 is 6.36 Å². The summed E-state index contributed by atoms with van der Waals surface area (Å²) in [6.45, 7) is 3.30. The number of nitrogen functional groups attached to an aromatic ring is 1. The molecule has 1 amide bonds. The Balaban J connectivity index is 1.28. The predicted molar refractivity (Wildman–Crippen MR) is 170 cm³/mol. The Labute approximate surface area is 270 Å². The van der Waals surface area contributed by atoms with Crippen LogP contribution in [0, 0.1) is 12.3 Å². The molecule has 1 aromatic heterocycles. The minimum Gasteiger partial charge on any atom is -0.461 e. The largest absolute Gasteiger partial charge is 0.573 e. The number of sulfone groups is 1. The molecule has 6 rings (SSSR count). The van der Waals surface area contributed by atoms with Crippen LogP contribution in [0.1, 0.15) is 37.9 Å². The second-order valence-corrected chi connectivity index (χ2v) is 14.4. The van der Waals surface area contributed by atoms with Crippen LogP contribution >= 0.6 is 0 Å². The van der Waals surface area contributed by atoms with E-state index in [9.17, 15) is 26.4 Å². The molecule has 1 atom stereocenters. The first-order valence-corrected chi connectivity index (χ1v) is 16.6. The highest BCUT2D eigenvalue weighted by Crippen LogP contribution is 2.54. The molecule has 1 saturated heterocycles. The van der Waals surface area contributed by atoms with Crippen LogP contribution < -0.4 is 25.8 Å². The van der Waals surface area contributed by atoms with Gasteiger partial charge in [-0.25, -0.2) is 8.42 Å². The molecule has 1 aliphatic carbocycles. The highest BCUT2D eigenvalue weighted by atomic mass is 32.2. The Morgan fingerprint density at radius 3 is 2.15 bits per heavy atom. The summed E-state index contributed by atoms with van der Waals surface area (Å²) in [7, 11) is -4.25. The van der Waals surface area contributed by atoms with E-state index in [0.717, 1.165) is 43.8 Å². The van der Waals surface area contributed by atoms with E-state index in [0.29, 0.717) is 17.7 Å². The molecule has 9 nitrogen and oxygen atoms in total. The van der Waals surface area contributed by atoms with Crippen molar-refractivity contribution in [3.05, 3.63) is 84.6 Å². The van der Waals surface area contributed by atoms with Crippen molar-refractivity contribution in [1.29, 1.82) is 0 Å². The SMILES string of the molecule is Cc1ccc(-c2ccc(N)c(NC(=O)C3(S(=O)(=O)c4ccc(Oc5ccc(OC(F)(F)F)cc5)cc4)CCC4(CCNCC4)C3)c2)o1. The van der Waals surface area contributed by atoms with E-state index in [1.807, 2.05) is 13.0 Å². The molecular weight excluding hydrogens is 635 g/mol. The first kappa shape index (κ1) is 32.5. The van der Waals surface area contributed by atoms with Crippen LogP contribution in [-0.4, -0.2) is 38.5 Å². The fourth-order valence-electron chi connectivity index (χ4n) is 6.58. The van der Waals surface area contributed by atoms with Gasteiger partial charge < -0.3 is 30.3 Å². The number of amides is 1. The lowest BCUT2D eigenvalue weighted by atomic mass is 9.77. The van der Waals surface area contributed by atoms with Gasteiger partial charge in [0.25, 0.3) is 0 Å². The Morgan fingerprint density at radius 2 is 1.53 bits per heavy atom. The van der Waals surface area contributed by atoms with E-state index in [1.54, 1.807) is 24.3 Å². The monoisotopic (exact) mass is 669 g/mol. The molecule has 248 valence electrons. The number of hydrogen-bond acceptors (Lipinski definition) is 8. The number of alkyl halides is 3. The van der Waals surface area contributed by atoms with Gasteiger partial charge in [-0.15, -0.1) is 13.2 Å². The summed E-state index contributed by atoms with van der Waals surface area (Å²) in [5.41, 5.74) is 7.21. The molecule has 4 aromatic rings. The van der Waals surface area contributed by atoms with Crippen LogP contribution in [0.4, 0.5) is 24.5 Å². The summed E-state index contributed by atoms with van der Waals surface area (Å²) in [6.07, 6.45) is -2.42. The van der Waals surface area contributed by atoms with Crippen molar-refractivity contribution in [3.8, 4) is 28.6 Å². The first-order valence-electron chi connectivity index (χ1n) is 15.1. The van der Waals surface area contributed by atoms with E-state index in [1.165, 1.54) is 36.4 Å². The number of halogens is 3. The molecule has 1 aliphatic heterocycles. The number of nitrogens with two attached hydrogens (primary N) is 1. The molecule has 2 fully saturated rings. The molecule has 13 heteroatoms. The number of anilines is 2. The average Bonchev–Trinajstić information content (AvgIpc) is 3.64. The van der Waals surface area contributed by atoms with Crippen LogP contribution in [0.5, 0.6) is 17.2 Å². The minimum absolute atomic E-state index is 0.0484. The lowest BCUT2D eigenvalue weighted by Crippen LogP contribution is -2.49. The molecule has 1 unspecified atom stereocenters. The van der Waals surface area contributed by atoms with E-state index in [2.05, 4.69) is 15.4 Å². The van der Waals surface area contributed by atoms with Crippen molar-refractivity contribution in [2.24, 2.45) is 5.41 Å². The third kappa shape index (κ3) is 6.68. The number of aryl methyl sites for hydroxylation is 1. The van der Waals surface area contributed by atoms with Crippen LogP contribution in [0.3, 0.4) is 0 Å². The maximum absolute atomic E-state index is 14.5. The molecular formula is C34H34F3N3O6S. The lowest BCUT2D eigenvalue weighted by Gasteiger charge is -2.36. The topological polar surface area (TPSA) is 133 Å². The zero-order chi connectivity index (χ0) is 33.5. The molecule has 2 aliphatic rings. The van der Waals surface area contributed by atoms with Crippen molar-refractivity contribution >= 4 is 27.1 Å². The Hall–Kier alpha value is -4.49. The third-order valence-corrected chi connectivity index (χ3v) is 11.5. The van der Waals surface area contributed by atoms with Crippen molar-refractivity contribution in [2.75, 3.05) is 24.1 Å². The van der Waals surface area contributed by atoms with Gasteiger partial charge in [0.2, 0.25) is 5.91 Å². The van der Waals surface area contributed by atoms with E-state index >= 15 is 0 Å². The van der Waals surface area contributed by atoms with Gasteiger partial charge in [-0.05, 0) is 136 Å². The summed E-state index contributed by atoms with van der Waals surface area (Å²) in [5.74, 6) is 0.736. The fourth-order valence-corrected chi connectivity index (χ4v) is 8.69.